The summed E-state index contributed by atoms with van der Waals surface area (Å²) in [5, 5.41) is 7.88. The molecule has 0 amide bonds. The molecule has 5 heteroatoms. The van der Waals surface area contributed by atoms with Crippen molar-refractivity contribution in [1.82, 2.24) is 15.0 Å². The van der Waals surface area contributed by atoms with E-state index in [1.165, 1.54) is 0 Å². The molecular weight excluding hydrogens is 230 g/mol. The average Bonchev–Trinajstić information content (AvgIpc) is 2.82. The van der Waals surface area contributed by atoms with Gasteiger partial charge in [-0.05, 0) is 6.92 Å². The molecule has 0 aliphatic carbocycles. The van der Waals surface area contributed by atoms with Gasteiger partial charge in [0.05, 0.1) is 6.61 Å². The molecule has 0 saturated carbocycles. The third-order valence-corrected chi connectivity index (χ3v) is 2.97. The van der Waals surface area contributed by atoms with Gasteiger partial charge in [0.1, 0.15) is 0 Å². The van der Waals surface area contributed by atoms with Gasteiger partial charge in [-0.3, -0.25) is 4.79 Å². The summed E-state index contributed by atoms with van der Waals surface area (Å²) >= 11 is 0. The molecule has 1 aromatic heterocycles. The molecular formula is C13H13N3O2. The lowest BCUT2D eigenvalue weighted by Crippen LogP contribution is -2.16. The van der Waals surface area contributed by atoms with Gasteiger partial charge >= 0.3 is 0 Å². The first kappa shape index (κ1) is 11.0. The second kappa shape index (κ2) is 4.25. The van der Waals surface area contributed by atoms with Crippen molar-refractivity contribution < 1.29 is 9.53 Å². The Kier molecular flexibility index (Phi) is 2.59. The Labute approximate surface area is 104 Å². The lowest BCUT2D eigenvalue weighted by Gasteiger charge is -2.14. The molecule has 0 spiro atoms. The average molecular weight is 243 g/mol. The maximum Gasteiger partial charge on any atom is 0.244 e. The molecule has 5 nitrogen and oxygen atoms in total. The Morgan fingerprint density at radius 3 is 2.89 bits per heavy atom. The molecule has 18 heavy (non-hydrogen) atoms. The molecule has 92 valence electrons. The molecule has 2 aromatic rings. The van der Waals surface area contributed by atoms with Crippen LogP contribution in [0, 0.1) is 6.92 Å². The van der Waals surface area contributed by atoms with E-state index in [9.17, 15) is 4.79 Å². The first-order chi connectivity index (χ1) is 8.75. The lowest BCUT2D eigenvalue weighted by molar-refractivity contribution is 0.102. The van der Waals surface area contributed by atoms with Crippen molar-refractivity contribution in [1.29, 1.82) is 0 Å². The van der Waals surface area contributed by atoms with Crippen LogP contribution < -0.4 is 4.74 Å². The van der Waals surface area contributed by atoms with E-state index in [2.05, 4.69) is 10.3 Å². The summed E-state index contributed by atoms with van der Waals surface area (Å²) in [7, 11) is 0. The zero-order valence-corrected chi connectivity index (χ0v) is 10.1. The third kappa shape index (κ3) is 1.77. The zero-order chi connectivity index (χ0) is 12.5. The van der Waals surface area contributed by atoms with Gasteiger partial charge in [0.2, 0.25) is 11.7 Å². The highest BCUT2D eigenvalue weighted by Gasteiger charge is 2.24. The van der Waals surface area contributed by atoms with Gasteiger partial charge in [0, 0.05) is 18.5 Å². The van der Waals surface area contributed by atoms with E-state index in [1.807, 2.05) is 19.1 Å². The second-order valence-electron chi connectivity index (χ2n) is 4.36. The van der Waals surface area contributed by atoms with Crippen LogP contribution >= 0.6 is 0 Å². The number of fused-ring (bicyclic) bond motifs is 1. The molecule has 1 aromatic carbocycles. The van der Waals surface area contributed by atoms with E-state index in [4.69, 9.17) is 4.74 Å². The van der Waals surface area contributed by atoms with Crippen LogP contribution in [0.4, 0.5) is 0 Å². The minimum Gasteiger partial charge on any atom is -0.476 e. The van der Waals surface area contributed by atoms with Gasteiger partial charge in [-0.15, -0.1) is 5.10 Å². The Morgan fingerprint density at radius 1 is 1.33 bits per heavy atom. The highest BCUT2D eigenvalue weighted by atomic mass is 16.5. The fraction of sp³-hybridized carbons (Fsp3) is 0.308. The van der Waals surface area contributed by atoms with Gasteiger partial charge in [-0.2, -0.15) is 0 Å². The number of benzene rings is 1. The molecule has 0 fully saturated rings. The number of aryl methyl sites for hydroxylation is 2. The van der Waals surface area contributed by atoms with E-state index in [0.29, 0.717) is 23.7 Å². The monoisotopic (exact) mass is 243 g/mol. The zero-order valence-electron chi connectivity index (χ0n) is 10.1. The number of carbonyl (C=O) groups is 1. The highest BCUT2D eigenvalue weighted by Crippen LogP contribution is 2.22. The summed E-state index contributed by atoms with van der Waals surface area (Å²) in [5.74, 6) is 0.352. The predicted octanol–water partition coefficient (Wildman–Crippen LogP) is 1.60. The van der Waals surface area contributed by atoms with Gasteiger partial charge in [0.15, 0.2) is 5.69 Å². The smallest absolute Gasteiger partial charge is 0.244 e. The van der Waals surface area contributed by atoms with Crippen LogP contribution in [0.15, 0.2) is 24.3 Å². The van der Waals surface area contributed by atoms with Crippen LogP contribution in [0.3, 0.4) is 0 Å². The number of hydrogen-bond donors (Lipinski definition) is 0. The minimum absolute atomic E-state index is 0.141. The summed E-state index contributed by atoms with van der Waals surface area (Å²) in [4.78, 5) is 12.3. The van der Waals surface area contributed by atoms with E-state index >= 15 is 0 Å². The molecule has 2 heterocycles. The fourth-order valence-electron chi connectivity index (χ4n) is 1.96. The Hall–Kier alpha value is -2.17. The predicted molar refractivity (Wildman–Crippen MR) is 64.7 cm³/mol. The molecule has 0 radical (unpaired) electrons. The Morgan fingerprint density at radius 2 is 2.11 bits per heavy atom. The van der Waals surface area contributed by atoms with Crippen molar-refractivity contribution in [3.63, 3.8) is 0 Å². The van der Waals surface area contributed by atoms with E-state index < -0.39 is 0 Å². The molecule has 0 N–H and O–H groups in total. The van der Waals surface area contributed by atoms with Crippen LogP contribution in [0.5, 0.6) is 5.88 Å². The van der Waals surface area contributed by atoms with Gasteiger partial charge in [-0.1, -0.05) is 35.0 Å². The van der Waals surface area contributed by atoms with Crippen molar-refractivity contribution in [2.75, 3.05) is 6.61 Å². The van der Waals surface area contributed by atoms with E-state index in [0.717, 1.165) is 18.5 Å². The first-order valence-corrected chi connectivity index (χ1v) is 5.93. The van der Waals surface area contributed by atoms with Crippen LogP contribution in [0.25, 0.3) is 0 Å². The Bertz CT molecular complexity index is 587. The highest BCUT2D eigenvalue weighted by molar-refractivity contribution is 6.09. The standard InChI is InChI=1S/C13H13N3O2/c1-9-3-5-10(6-4-9)12(17)11-13-16(15-14-11)7-2-8-18-13/h3-6H,2,7-8H2,1H3. The topological polar surface area (TPSA) is 57.0 Å². The third-order valence-electron chi connectivity index (χ3n) is 2.97. The van der Waals surface area contributed by atoms with Gasteiger partial charge in [0.25, 0.3) is 0 Å². The Balaban J connectivity index is 1.97. The number of hydrogen-bond acceptors (Lipinski definition) is 4. The van der Waals surface area contributed by atoms with Crippen molar-refractivity contribution in [3.05, 3.63) is 41.1 Å². The van der Waals surface area contributed by atoms with Gasteiger partial charge < -0.3 is 4.74 Å². The molecule has 1 aliphatic heterocycles. The first-order valence-electron chi connectivity index (χ1n) is 5.93. The van der Waals surface area contributed by atoms with E-state index in [1.54, 1.807) is 16.8 Å². The largest absolute Gasteiger partial charge is 0.476 e. The van der Waals surface area contributed by atoms with Gasteiger partial charge in [-0.25, -0.2) is 4.68 Å². The SMILES string of the molecule is Cc1ccc(C(=O)c2nnn3c2OCCC3)cc1. The van der Waals surface area contributed by atoms with Crippen molar-refractivity contribution >= 4 is 5.78 Å². The summed E-state index contributed by atoms with van der Waals surface area (Å²) < 4.78 is 7.12. The second-order valence-corrected chi connectivity index (χ2v) is 4.36. The maximum absolute atomic E-state index is 12.3. The summed E-state index contributed by atoms with van der Waals surface area (Å²) in [5.41, 5.74) is 2.03. The van der Waals surface area contributed by atoms with Crippen LogP contribution in [-0.4, -0.2) is 27.4 Å². The molecule has 0 atom stereocenters. The molecule has 1 aliphatic rings. The van der Waals surface area contributed by atoms with Crippen molar-refractivity contribution in [2.24, 2.45) is 0 Å². The van der Waals surface area contributed by atoms with Crippen LogP contribution in [0.1, 0.15) is 28.0 Å². The van der Waals surface area contributed by atoms with Crippen LogP contribution in [0.2, 0.25) is 0 Å². The number of ether oxygens (including phenoxy) is 1. The number of aromatic nitrogens is 3. The summed E-state index contributed by atoms with van der Waals surface area (Å²) in [6, 6.07) is 7.41. The molecule has 3 rings (SSSR count). The van der Waals surface area contributed by atoms with E-state index in [-0.39, 0.29) is 5.78 Å². The van der Waals surface area contributed by atoms with Crippen molar-refractivity contribution in [2.45, 2.75) is 19.9 Å². The summed E-state index contributed by atoms with van der Waals surface area (Å²) in [6.07, 6.45) is 0.897. The lowest BCUT2D eigenvalue weighted by atomic mass is 10.1. The summed E-state index contributed by atoms with van der Waals surface area (Å²) in [6.45, 7) is 3.35. The number of rotatable bonds is 2. The number of carbonyl (C=O) groups excluding carboxylic acids is 1. The molecule has 0 unspecified atom stereocenters. The number of nitrogens with zero attached hydrogens (tertiary/aromatic N) is 3. The quantitative estimate of drug-likeness (QED) is 0.752. The fourth-order valence-corrected chi connectivity index (χ4v) is 1.96. The van der Waals surface area contributed by atoms with Crippen LogP contribution in [-0.2, 0) is 6.54 Å². The maximum atomic E-state index is 12.3. The molecule has 0 bridgehead atoms. The minimum atomic E-state index is -0.141. The normalized spacial score (nSPS) is 13.8. The van der Waals surface area contributed by atoms with Crippen molar-refractivity contribution in [3.8, 4) is 5.88 Å². The number of ketones is 1. The molecule has 0 saturated heterocycles.